The second-order valence-corrected chi connectivity index (χ2v) is 6.84. The van der Waals surface area contributed by atoms with E-state index in [4.69, 9.17) is 16.3 Å². The van der Waals surface area contributed by atoms with Crippen molar-refractivity contribution >= 4 is 40.7 Å². The van der Waals surface area contributed by atoms with E-state index >= 15 is 0 Å². The second-order valence-electron chi connectivity index (χ2n) is 6.43. The van der Waals surface area contributed by atoms with Gasteiger partial charge in [0, 0.05) is 25.2 Å². The van der Waals surface area contributed by atoms with E-state index in [-0.39, 0.29) is 22.1 Å². The van der Waals surface area contributed by atoms with Crippen LogP contribution in [0, 0.1) is 10.1 Å². The van der Waals surface area contributed by atoms with E-state index in [9.17, 15) is 19.7 Å². The van der Waals surface area contributed by atoms with Crippen molar-refractivity contribution in [2.24, 2.45) is 0 Å². The summed E-state index contributed by atoms with van der Waals surface area (Å²) in [4.78, 5) is 36.8. The molecule has 1 atom stereocenters. The van der Waals surface area contributed by atoms with Crippen LogP contribution in [0.25, 0.3) is 0 Å². The quantitative estimate of drug-likeness (QED) is 0.430. The Morgan fingerprint density at radius 2 is 1.97 bits per heavy atom. The average molecular weight is 420 g/mol. The lowest BCUT2D eigenvalue weighted by Gasteiger charge is -2.16. The molecule has 0 saturated carbocycles. The number of benzene rings is 1. The number of carbonyl (C=O) groups excluding carboxylic acids is 2. The highest BCUT2D eigenvalue weighted by molar-refractivity contribution is 6.33. The summed E-state index contributed by atoms with van der Waals surface area (Å²) in [5, 5.41) is 21.3. The van der Waals surface area contributed by atoms with Gasteiger partial charge in [0.15, 0.2) is 17.6 Å². The third kappa shape index (κ3) is 4.96. The smallest absolute Gasteiger partial charge is 0.359 e. The molecule has 0 spiro atoms. The number of non-ortho nitro benzene ring substituents is 1. The second kappa shape index (κ2) is 8.82. The Labute approximate surface area is 171 Å². The molecule has 1 fully saturated rings. The minimum absolute atomic E-state index is 0.0269. The molecule has 2 aromatic rings. The van der Waals surface area contributed by atoms with Crippen LogP contribution in [0.5, 0.6) is 0 Å². The van der Waals surface area contributed by atoms with E-state index in [1.54, 1.807) is 6.07 Å². The highest BCUT2D eigenvalue weighted by Crippen LogP contribution is 2.27. The average Bonchev–Trinajstić information content (AvgIpc) is 3.24. The zero-order chi connectivity index (χ0) is 21.0. The van der Waals surface area contributed by atoms with Gasteiger partial charge in [-0.2, -0.15) is 0 Å². The minimum Gasteiger partial charge on any atom is -0.448 e. The first kappa shape index (κ1) is 20.5. The first-order valence-electron chi connectivity index (χ1n) is 8.89. The molecule has 152 valence electrons. The number of nitrogens with zero attached hydrogens (tertiary/aromatic N) is 4. The number of ether oxygens (including phenoxy) is 1. The summed E-state index contributed by atoms with van der Waals surface area (Å²) >= 11 is 5.95. The number of anilines is 2. The number of rotatable bonds is 6. The molecule has 3 rings (SSSR count). The SMILES string of the molecule is CC(OC(=O)c1ccc(N2CCCC2)nn1)C(=O)Nc1cc([N+](=O)[O-])ccc1Cl. The van der Waals surface area contributed by atoms with Crippen LogP contribution in [-0.4, -0.2) is 46.2 Å². The molecule has 1 aromatic carbocycles. The third-order valence-electron chi connectivity index (χ3n) is 4.36. The fourth-order valence-corrected chi connectivity index (χ4v) is 2.95. The molecule has 1 unspecified atom stereocenters. The van der Waals surface area contributed by atoms with Gasteiger partial charge < -0.3 is 15.0 Å². The maximum absolute atomic E-state index is 12.3. The van der Waals surface area contributed by atoms with Crippen molar-refractivity contribution in [3.63, 3.8) is 0 Å². The van der Waals surface area contributed by atoms with Gasteiger partial charge in [0.1, 0.15) is 0 Å². The van der Waals surface area contributed by atoms with Gasteiger partial charge in [-0.15, -0.1) is 10.2 Å². The monoisotopic (exact) mass is 419 g/mol. The maximum atomic E-state index is 12.3. The molecule has 11 heteroatoms. The number of nitro benzene ring substituents is 1. The largest absolute Gasteiger partial charge is 0.448 e. The Bertz CT molecular complexity index is 931. The Kier molecular flexibility index (Phi) is 6.23. The highest BCUT2D eigenvalue weighted by Gasteiger charge is 2.22. The number of nitro groups is 1. The number of nitrogens with one attached hydrogen (secondary N) is 1. The molecule has 0 bridgehead atoms. The van der Waals surface area contributed by atoms with Gasteiger partial charge in [-0.25, -0.2) is 4.79 Å². The standard InChI is InChI=1S/C18H18ClN5O5/c1-11(17(25)20-15-10-12(24(27)28)4-5-13(15)19)29-18(26)14-6-7-16(22-21-14)23-8-2-3-9-23/h4-7,10-11H,2-3,8-9H2,1H3,(H,20,25). The van der Waals surface area contributed by atoms with E-state index in [1.807, 2.05) is 0 Å². The first-order valence-corrected chi connectivity index (χ1v) is 9.27. The van der Waals surface area contributed by atoms with Crippen molar-refractivity contribution in [1.82, 2.24) is 10.2 Å². The van der Waals surface area contributed by atoms with Crippen LogP contribution in [0.2, 0.25) is 5.02 Å². The summed E-state index contributed by atoms with van der Waals surface area (Å²) in [7, 11) is 0. The molecule has 10 nitrogen and oxygen atoms in total. The zero-order valence-electron chi connectivity index (χ0n) is 15.5. The molecule has 29 heavy (non-hydrogen) atoms. The molecule has 1 aliphatic heterocycles. The zero-order valence-corrected chi connectivity index (χ0v) is 16.3. The first-order chi connectivity index (χ1) is 13.8. The number of aromatic nitrogens is 2. The van der Waals surface area contributed by atoms with Gasteiger partial charge in [0.2, 0.25) is 0 Å². The molecule has 1 aromatic heterocycles. The number of halogens is 1. The predicted octanol–water partition coefficient (Wildman–Crippen LogP) is 2.82. The maximum Gasteiger partial charge on any atom is 0.359 e. The molecule has 1 N–H and O–H groups in total. The molecule has 1 amide bonds. The third-order valence-corrected chi connectivity index (χ3v) is 4.69. The summed E-state index contributed by atoms with van der Waals surface area (Å²) in [5.74, 6) is -0.814. The van der Waals surface area contributed by atoms with Gasteiger partial charge >= 0.3 is 5.97 Å². The molecular formula is C18H18ClN5O5. The van der Waals surface area contributed by atoms with Gasteiger partial charge in [-0.3, -0.25) is 14.9 Å². The normalized spacial score (nSPS) is 14.3. The van der Waals surface area contributed by atoms with Gasteiger partial charge in [-0.1, -0.05) is 11.6 Å². The highest BCUT2D eigenvalue weighted by atomic mass is 35.5. The fourth-order valence-electron chi connectivity index (χ4n) is 2.78. The number of esters is 1. The van der Waals surface area contributed by atoms with Crippen molar-refractivity contribution in [3.05, 3.63) is 51.2 Å². The Balaban J connectivity index is 1.61. The molecule has 0 radical (unpaired) electrons. The van der Waals surface area contributed by atoms with Crippen LogP contribution in [0.1, 0.15) is 30.3 Å². The van der Waals surface area contributed by atoms with Crippen molar-refractivity contribution in [2.45, 2.75) is 25.9 Å². The van der Waals surface area contributed by atoms with Crippen LogP contribution in [0.15, 0.2) is 30.3 Å². The molecule has 1 saturated heterocycles. The summed E-state index contributed by atoms with van der Waals surface area (Å²) in [5.41, 5.74) is -0.216. The summed E-state index contributed by atoms with van der Waals surface area (Å²) in [6.45, 7) is 3.16. The van der Waals surface area contributed by atoms with Crippen molar-refractivity contribution in [3.8, 4) is 0 Å². The predicted molar refractivity (Wildman–Crippen MR) is 105 cm³/mol. The van der Waals surface area contributed by atoms with Crippen LogP contribution in [-0.2, 0) is 9.53 Å². The molecule has 0 aliphatic carbocycles. The molecular weight excluding hydrogens is 402 g/mol. The van der Waals surface area contributed by atoms with E-state index in [1.165, 1.54) is 25.1 Å². The summed E-state index contributed by atoms with van der Waals surface area (Å²) in [6, 6.07) is 6.81. The molecule has 1 aliphatic rings. The van der Waals surface area contributed by atoms with Gasteiger partial charge in [0.25, 0.3) is 11.6 Å². The van der Waals surface area contributed by atoms with Crippen LogP contribution < -0.4 is 10.2 Å². The summed E-state index contributed by atoms with van der Waals surface area (Å²) in [6.07, 6.45) is 0.997. The Hall–Kier alpha value is -3.27. The van der Waals surface area contributed by atoms with Crippen molar-refractivity contribution in [1.29, 1.82) is 0 Å². The van der Waals surface area contributed by atoms with E-state index in [0.29, 0.717) is 5.82 Å². The lowest BCUT2D eigenvalue weighted by atomic mass is 10.2. The van der Waals surface area contributed by atoms with Crippen molar-refractivity contribution in [2.75, 3.05) is 23.3 Å². The van der Waals surface area contributed by atoms with Crippen LogP contribution in [0.3, 0.4) is 0 Å². The summed E-state index contributed by atoms with van der Waals surface area (Å²) < 4.78 is 5.11. The number of carbonyl (C=O) groups is 2. The van der Waals surface area contributed by atoms with Crippen molar-refractivity contribution < 1.29 is 19.2 Å². The van der Waals surface area contributed by atoms with E-state index in [2.05, 4.69) is 20.4 Å². The Morgan fingerprint density at radius 3 is 2.59 bits per heavy atom. The lowest BCUT2D eigenvalue weighted by molar-refractivity contribution is -0.384. The van der Waals surface area contributed by atoms with Gasteiger partial charge in [-0.05, 0) is 38.0 Å². The number of hydrogen-bond donors (Lipinski definition) is 1. The van der Waals surface area contributed by atoms with Crippen LogP contribution in [0.4, 0.5) is 17.2 Å². The lowest BCUT2D eigenvalue weighted by Crippen LogP contribution is -2.30. The number of amides is 1. The molecule has 2 heterocycles. The van der Waals surface area contributed by atoms with Crippen LogP contribution >= 0.6 is 11.6 Å². The Morgan fingerprint density at radius 1 is 1.24 bits per heavy atom. The minimum atomic E-state index is -1.18. The van der Waals surface area contributed by atoms with Gasteiger partial charge in [0.05, 0.1) is 15.6 Å². The fraction of sp³-hybridized carbons (Fsp3) is 0.333. The topological polar surface area (TPSA) is 128 Å². The van der Waals surface area contributed by atoms with E-state index in [0.717, 1.165) is 32.0 Å². The van der Waals surface area contributed by atoms with E-state index < -0.39 is 22.9 Å². The number of hydrogen-bond acceptors (Lipinski definition) is 8.